The number of hydrogen-bond donors (Lipinski definition) is 2. The largest absolute Gasteiger partial charge is 0.384 e. The summed E-state index contributed by atoms with van der Waals surface area (Å²) >= 11 is 0. The van der Waals surface area contributed by atoms with Gasteiger partial charge >= 0.3 is 0 Å². The molecule has 106 valence electrons. The second kappa shape index (κ2) is 6.64. The van der Waals surface area contributed by atoms with Gasteiger partial charge in [-0.05, 0) is 36.8 Å². The second-order valence-electron chi connectivity index (χ2n) is 4.29. The van der Waals surface area contributed by atoms with E-state index in [1.807, 2.05) is 0 Å². The number of halogens is 1. The minimum absolute atomic E-state index is 0.299. The van der Waals surface area contributed by atoms with Gasteiger partial charge in [-0.15, -0.1) is 0 Å². The van der Waals surface area contributed by atoms with Gasteiger partial charge in [0, 0.05) is 18.1 Å². The van der Waals surface area contributed by atoms with Crippen molar-refractivity contribution >= 4 is 11.6 Å². The Hall–Kier alpha value is -2.71. The molecule has 0 unspecified atom stereocenters. The lowest BCUT2D eigenvalue weighted by Crippen LogP contribution is -2.14. The summed E-state index contributed by atoms with van der Waals surface area (Å²) in [4.78, 5) is 16.2. The molecule has 2 rings (SSSR count). The van der Waals surface area contributed by atoms with E-state index in [1.165, 1.54) is 36.7 Å². The van der Waals surface area contributed by atoms with Gasteiger partial charge in [-0.1, -0.05) is 11.8 Å². The van der Waals surface area contributed by atoms with Crippen LogP contribution in [0.3, 0.4) is 0 Å². The van der Waals surface area contributed by atoms with Crippen LogP contribution < -0.4 is 5.32 Å². The quantitative estimate of drug-likeness (QED) is 0.830. The summed E-state index contributed by atoms with van der Waals surface area (Å²) < 4.78 is 13.0. The number of pyridine rings is 1. The number of aliphatic hydroxyl groups is 1. The van der Waals surface area contributed by atoms with E-state index >= 15 is 0 Å². The Morgan fingerprint density at radius 2 is 2.24 bits per heavy atom. The molecule has 0 bridgehead atoms. The number of rotatable bonds is 2. The molecule has 1 aromatic carbocycles. The van der Waals surface area contributed by atoms with Gasteiger partial charge in [0.1, 0.15) is 12.4 Å². The van der Waals surface area contributed by atoms with Crippen molar-refractivity contribution in [3.8, 4) is 11.8 Å². The lowest BCUT2D eigenvalue weighted by Gasteiger charge is -2.09. The fourth-order valence-electron chi connectivity index (χ4n) is 1.78. The zero-order valence-electron chi connectivity index (χ0n) is 11.4. The Labute approximate surface area is 121 Å². The average molecular weight is 284 g/mol. The molecule has 0 radical (unpaired) electrons. The summed E-state index contributed by atoms with van der Waals surface area (Å²) in [5, 5.41) is 11.4. The van der Waals surface area contributed by atoms with E-state index < -0.39 is 0 Å². The number of nitrogens with zero attached hydrogens (tertiary/aromatic N) is 1. The summed E-state index contributed by atoms with van der Waals surface area (Å²) in [7, 11) is 0. The third-order valence-electron chi connectivity index (χ3n) is 2.80. The van der Waals surface area contributed by atoms with Gasteiger partial charge in [0.25, 0.3) is 5.91 Å². The van der Waals surface area contributed by atoms with Crippen LogP contribution in [0, 0.1) is 24.6 Å². The summed E-state index contributed by atoms with van der Waals surface area (Å²) in [5.41, 5.74) is 1.91. The molecule has 2 aromatic rings. The van der Waals surface area contributed by atoms with Crippen LogP contribution in [0.4, 0.5) is 10.1 Å². The maximum Gasteiger partial charge on any atom is 0.257 e. The van der Waals surface area contributed by atoms with E-state index in [0.717, 1.165) is 0 Å². The average Bonchev–Trinajstić information content (AvgIpc) is 2.48. The van der Waals surface area contributed by atoms with E-state index in [2.05, 4.69) is 22.1 Å². The van der Waals surface area contributed by atoms with Crippen molar-refractivity contribution in [1.82, 2.24) is 4.98 Å². The summed E-state index contributed by atoms with van der Waals surface area (Å²) in [5.74, 6) is 4.42. The molecule has 2 N–H and O–H groups in total. The van der Waals surface area contributed by atoms with Crippen molar-refractivity contribution in [3.63, 3.8) is 0 Å². The highest BCUT2D eigenvalue weighted by Gasteiger charge is 2.11. The van der Waals surface area contributed by atoms with Crippen LogP contribution in [0.25, 0.3) is 0 Å². The van der Waals surface area contributed by atoms with Crippen LogP contribution in [0.5, 0.6) is 0 Å². The first-order valence-electron chi connectivity index (χ1n) is 6.23. The molecule has 0 aliphatic rings. The molecule has 0 spiro atoms. The van der Waals surface area contributed by atoms with Crippen LogP contribution >= 0.6 is 0 Å². The highest BCUT2D eigenvalue weighted by atomic mass is 19.1. The van der Waals surface area contributed by atoms with Crippen molar-refractivity contribution < 1.29 is 14.3 Å². The van der Waals surface area contributed by atoms with Crippen LogP contribution in [0.15, 0.2) is 36.7 Å². The summed E-state index contributed by atoms with van der Waals surface area (Å²) in [6.07, 6.45) is 2.94. The second-order valence-corrected chi connectivity index (χ2v) is 4.29. The molecule has 0 fully saturated rings. The van der Waals surface area contributed by atoms with Crippen molar-refractivity contribution in [2.45, 2.75) is 6.92 Å². The molecular formula is C16H13FN2O2. The molecule has 0 atom stereocenters. The number of aryl methyl sites for hydroxylation is 1. The van der Waals surface area contributed by atoms with Gasteiger partial charge in [0.05, 0.1) is 11.1 Å². The van der Waals surface area contributed by atoms with Gasteiger partial charge < -0.3 is 10.4 Å². The predicted octanol–water partition coefficient (Wildman–Crippen LogP) is 2.13. The first-order valence-corrected chi connectivity index (χ1v) is 6.23. The zero-order valence-corrected chi connectivity index (χ0v) is 11.4. The highest BCUT2D eigenvalue weighted by Crippen LogP contribution is 2.17. The maximum absolute atomic E-state index is 13.0. The molecule has 5 heteroatoms. The molecule has 1 amide bonds. The highest BCUT2D eigenvalue weighted by molar-refractivity contribution is 6.06. The molecule has 0 aliphatic carbocycles. The lowest BCUT2D eigenvalue weighted by atomic mass is 10.1. The number of amides is 1. The SMILES string of the molecule is Cc1cc(F)ccc1NC(=O)c1ccncc1C#CCO. The molecular weight excluding hydrogens is 271 g/mol. The van der Waals surface area contributed by atoms with Crippen molar-refractivity contribution in [1.29, 1.82) is 0 Å². The normalized spacial score (nSPS) is 9.67. The number of nitrogens with one attached hydrogen (secondary N) is 1. The fraction of sp³-hybridized carbons (Fsp3) is 0.125. The Balaban J connectivity index is 2.28. The zero-order chi connectivity index (χ0) is 15.2. The third kappa shape index (κ3) is 3.65. The topological polar surface area (TPSA) is 62.2 Å². The van der Waals surface area contributed by atoms with E-state index in [-0.39, 0.29) is 18.3 Å². The number of anilines is 1. The first kappa shape index (κ1) is 14.7. The lowest BCUT2D eigenvalue weighted by molar-refractivity contribution is 0.102. The first-order chi connectivity index (χ1) is 10.1. The standard InChI is InChI=1S/C16H13FN2O2/c1-11-9-13(17)4-5-15(11)19-16(21)14-6-7-18-10-12(14)3-2-8-20/h4-7,9-10,20H,8H2,1H3,(H,19,21). The number of aromatic nitrogens is 1. The molecule has 0 aliphatic heterocycles. The minimum Gasteiger partial charge on any atom is -0.384 e. The maximum atomic E-state index is 13.0. The smallest absolute Gasteiger partial charge is 0.257 e. The van der Waals surface area contributed by atoms with Gasteiger partial charge in [0.2, 0.25) is 0 Å². The Kier molecular flexibility index (Phi) is 4.64. The third-order valence-corrected chi connectivity index (χ3v) is 2.80. The van der Waals surface area contributed by atoms with E-state index in [0.29, 0.717) is 22.4 Å². The molecule has 0 saturated heterocycles. The van der Waals surface area contributed by atoms with Crippen LogP contribution in [-0.2, 0) is 0 Å². The Morgan fingerprint density at radius 3 is 2.95 bits per heavy atom. The van der Waals surface area contributed by atoms with Crippen molar-refractivity contribution in [2.75, 3.05) is 11.9 Å². The van der Waals surface area contributed by atoms with Gasteiger partial charge in [0.15, 0.2) is 0 Å². The van der Waals surface area contributed by atoms with Crippen LogP contribution in [-0.4, -0.2) is 22.6 Å². The Bertz CT molecular complexity index is 733. The number of benzene rings is 1. The molecule has 21 heavy (non-hydrogen) atoms. The molecule has 1 aromatic heterocycles. The number of aliphatic hydroxyl groups excluding tert-OH is 1. The van der Waals surface area contributed by atoms with Crippen LogP contribution in [0.2, 0.25) is 0 Å². The number of carbonyl (C=O) groups is 1. The van der Waals surface area contributed by atoms with E-state index in [4.69, 9.17) is 5.11 Å². The summed E-state index contributed by atoms with van der Waals surface area (Å²) in [6, 6.07) is 5.66. The van der Waals surface area contributed by atoms with Gasteiger partial charge in [-0.25, -0.2) is 4.39 Å². The predicted molar refractivity (Wildman–Crippen MR) is 77.3 cm³/mol. The molecule has 0 saturated carbocycles. The van der Waals surface area contributed by atoms with E-state index in [9.17, 15) is 9.18 Å². The Morgan fingerprint density at radius 1 is 1.43 bits per heavy atom. The van der Waals surface area contributed by atoms with Gasteiger partial charge in [-0.2, -0.15) is 0 Å². The number of hydrogen-bond acceptors (Lipinski definition) is 3. The van der Waals surface area contributed by atoms with E-state index in [1.54, 1.807) is 6.92 Å². The number of carbonyl (C=O) groups excluding carboxylic acids is 1. The minimum atomic E-state index is -0.366. The van der Waals surface area contributed by atoms with Crippen molar-refractivity contribution in [3.05, 3.63) is 59.2 Å². The molecule has 1 heterocycles. The molecule has 4 nitrogen and oxygen atoms in total. The van der Waals surface area contributed by atoms with Crippen LogP contribution in [0.1, 0.15) is 21.5 Å². The van der Waals surface area contributed by atoms with Gasteiger partial charge in [-0.3, -0.25) is 9.78 Å². The summed E-state index contributed by atoms with van der Waals surface area (Å²) in [6.45, 7) is 1.41. The monoisotopic (exact) mass is 284 g/mol. The fourth-order valence-corrected chi connectivity index (χ4v) is 1.78. The van der Waals surface area contributed by atoms with Crippen molar-refractivity contribution in [2.24, 2.45) is 0 Å².